The molecule has 17 heavy (non-hydrogen) atoms. The van der Waals surface area contributed by atoms with E-state index in [9.17, 15) is 9.59 Å². The van der Waals surface area contributed by atoms with Gasteiger partial charge in [-0.05, 0) is 27.7 Å². The van der Waals surface area contributed by atoms with E-state index in [1.54, 1.807) is 13.8 Å². The van der Waals surface area contributed by atoms with Crippen LogP contribution in [0.25, 0.3) is 0 Å². The minimum atomic E-state index is 0. The number of hydrogen-bond acceptors (Lipinski definition) is 4. The third-order valence-corrected chi connectivity index (χ3v) is 1.87. The second-order valence-electron chi connectivity index (χ2n) is 3.99. The van der Waals surface area contributed by atoms with E-state index in [-0.39, 0.29) is 28.6 Å². The third-order valence-electron chi connectivity index (χ3n) is 1.87. The summed E-state index contributed by atoms with van der Waals surface area (Å²) in [6.45, 7) is 7.94. The van der Waals surface area contributed by atoms with E-state index in [0.717, 1.165) is 11.4 Å². The molecule has 0 bridgehead atoms. The van der Waals surface area contributed by atoms with E-state index in [1.807, 2.05) is 13.8 Å². The van der Waals surface area contributed by atoms with Gasteiger partial charge in [0.25, 0.3) is 0 Å². The Morgan fingerprint density at radius 1 is 0.765 bits per heavy atom. The van der Waals surface area contributed by atoms with Crippen LogP contribution in [0.2, 0.25) is 0 Å². The molecule has 0 aliphatic carbocycles. The molecule has 0 N–H and O–H groups in total. The molecule has 5 heteroatoms. The van der Waals surface area contributed by atoms with Crippen molar-refractivity contribution in [3.8, 4) is 0 Å². The molecule has 0 spiro atoms. The maximum atomic E-state index is 10.8. The second-order valence-corrected chi connectivity index (χ2v) is 3.99. The van der Waals surface area contributed by atoms with E-state index in [4.69, 9.17) is 0 Å². The van der Waals surface area contributed by atoms with Gasteiger partial charge >= 0.3 is 17.1 Å². The zero-order valence-electron chi connectivity index (χ0n) is 10.8. The van der Waals surface area contributed by atoms with Crippen molar-refractivity contribution in [2.45, 2.75) is 40.5 Å². The smallest absolute Gasteiger partial charge is 0.300 e. The predicted octanol–water partition coefficient (Wildman–Crippen LogP) is 1.86. The normalized spacial score (nSPS) is 12.0. The number of aliphatic imine (C=N–C) groups is 2. The molecule has 0 aliphatic heterocycles. The Labute approximate surface area is 113 Å². The fourth-order valence-electron chi connectivity index (χ4n) is 1.31. The van der Waals surface area contributed by atoms with E-state index in [0.29, 0.717) is 25.9 Å². The summed E-state index contributed by atoms with van der Waals surface area (Å²) in [5.41, 5.74) is 1.68. The molecule has 1 radical (unpaired) electrons. The summed E-state index contributed by atoms with van der Waals surface area (Å²) in [6.07, 6.45) is 0.826. The Kier molecular flexibility index (Phi) is 11.3. The number of carbonyl (C=O) groups is 2. The molecule has 0 unspecified atom stereocenters. The standard InChI is InChI=1S/C12H20N2O2.Cu/c1-9(7-11(3)15)13-5-6-14-10(2)8-12(4)16;/h5-8H2,1-4H3;/q;+2. The Morgan fingerprint density at radius 3 is 1.29 bits per heavy atom. The third kappa shape index (κ3) is 13.1. The molecule has 0 fully saturated rings. The van der Waals surface area contributed by atoms with Crippen LogP contribution in [0, 0.1) is 0 Å². The molecule has 4 nitrogen and oxygen atoms in total. The number of Topliss-reactive ketones (excluding diaryl/α,β-unsaturated/α-hetero) is 2. The quantitative estimate of drug-likeness (QED) is 0.408. The maximum absolute atomic E-state index is 10.8. The molecule has 99 valence electrons. The molecule has 0 aromatic heterocycles. The van der Waals surface area contributed by atoms with Crippen LogP contribution in [0.15, 0.2) is 9.98 Å². The molecule has 0 rings (SSSR count). The largest absolute Gasteiger partial charge is 2.00 e. The van der Waals surface area contributed by atoms with E-state index < -0.39 is 0 Å². The van der Waals surface area contributed by atoms with Crippen molar-refractivity contribution < 1.29 is 26.7 Å². The first-order valence-electron chi connectivity index (χ1n) is 5.40. The van der Waals surface area contributed by atoms with Crippen LogP contribution in [0.4, 0.5) is 0 Å². The first-order valence-corrected chi connectivity index (χ1v) is 5.40. The number of rotatable bonds is 7. The first-order chi connectivity index (χ1) is 7.41. The summed E-state index contributed by atoms with van der Waals surface area (Å²) in [6, 6.07) is 0. The summed E-state index contributed by atoms with van der Waals surface area (Å²) in [7, 11) is 0. The molecule has 0 amide bonds. The second kappa shape index (κ2) is 10.4. The molecule has 0 aliphatic rings. The molecule has 0 aromatic rings. The van der Waals surface area contributed by atoms with Gasteiger partial charge in [-0.25, -0.2) is 0 Å². The summed E-state index contributed by atoms with van der Waals surface area (Å²) >= 11 is 0. The number of nitrogens with zero attached hydrogens (tertiary/aromatic N) is 2. The first kappa shape index (κ1) is 18.6. The Balaban J connectivity index is 0. The number of carbonyl (C=O) groups excluding carboxylic acids is 2. The van der Waals surface area contributed by atoms with Gasteiger partial charge in [-0.1, -0.05) is 0 Å². The molecule has 0 aromatic carbocycles. The van der Waals surface area contributed by atoms with Gasteiger partial charge in [0, 0.05) is 24.3 Å². The van der Waals surface area contributed by atoms with Crippen molar-refractivity contribution in [1.82, 2.24) is 0 Å². The van der Waals surface area contributed by atoms with Crippen molar-refractivity contribution >= 4 is 23.0 Å². The Bertz CT molecular complexity index is 290. The maximum Gasteiger partial charge on any atom is 2.00 e. The van der Waals surface area contributed by atoms with Gasteiger partial charge in [0.05, 0.1) is 13.1 Å². The molecule has 0 heterocycles. The summed E-state index contributed by atoms with van der Waals surface area (Å²) < 4.78 is 0. The molecular weight excluding hydrogens is 268 g/mol. The van der Waals surface area contributed by atoms with Crippen LogP contribution in [0.3, 0.4) is 0 Å². The SMILES string of the molecule is CC(=O)CC(C)=NCCN=C(C)CC(C)=O.[Cu+2]. The van der Waals surface area contributed by atoms with Crippen LogP contribution in [-0.4, -0.2) is 36.1 Å². The summed E-state index contributed by atoms with van der Waals surface area (Å²) in [4.78, 5) is 30.0. The summed E-state index contributed by atoms with van der Waals surface area (Å²) in [5.74, 6) is 0.245. The molecule has 0 atom stereocenters. The van der Waals surface area contributed by atoms with Crippen LogP contribution in [0.5, 0.6) is 0 Å². The van der Waals surface area contributed by atoms with Crippen LogP contribution in [-0.2, 0) is 26.7 Å². The topological polar surface area (TPSA) is 58.9 Å². The van der Waals surface area contributed by atoms with Crippen molar-refractivity contribution in [1.29, 1.82) is 0 Å². The average molecular weight is 288 g/mol. The monoisotopic (exact) mass is 287 g/mol. The van der Waals surface area contributed by atoms with Crippen molar-refractivity contribution in [2.24, 2.45) is 9.98 Å². The van der Waals surface area contributed by atoms with Gasteiger partial charge in [0.15, 0.2) is 0 Å². The van der Waals surface area contributed by atoms with Crippen LogP contribution in [0.1, 0.15) is 40.5 Å². The Hall–Kier alpha value is -0.801. The summed E-state index contributed by atoms with van der Waals surface area (Å²) in [5, 5.41) is 0. The molecule has 0 saturated carbocycles. The van der Waals surface area contributed by atoms with Gasteiger partial charge in [-0.15, -0.1) is 0 Å². The number of ketones is 2. The zero-order chi connectivity index (χ0) is 12.6. The van der Waals surface area contributed by atoms with Crippen LogP contribution < -0.4 is 0 Å². The van der Waals surface area contributed by atoms with Gasteiger partial charge in [-0.2, -0.15) is 0 Å². The fraction of sp³-hybridized carbons (Fsp3) is 0.667. The van der Waals surface area contributed by atoms with E-state index >= 15 is 0 Å². The van der Waals surface area contributed by atoms with Crippen molar-refractivity contribution in [3.63, 3.8) is 0 Å². The number of hydrogen-bond donors (Lipinski definition) is 0. The minimum Gasteiger partial charge on any atom is -0.300 e. The van der Waals surface area contributed by atoms with E-state index in [1.165, 1.54) is 0 Å². The van der Waals surface area contributed by atoms with Crippen molar-refractivity contribution in [3.05, 3.63) is 0 Å². The van der Waals surface area contributed by atoms with E-state index in [2.05, 4.69) is 9.98 Å². The van der Waals surface area contributed by atoms with Crippen molar-refractivity contribution in [2.75, 3.05) is 13.1 Å². The predicted molar refractivity (Wildman–Crippen MR) is 66.5 cm³/mol. The molecular formula is C12H20CuN2O2+2. The average Bonchev–Trinajstić information content (AvgIpc) is 2.10. The zero-order valence-corrected chi connectivity index (χ0v) is 11.8. The van der Waals surface area contributed by atoms with Gasteiger partial charge < -0.3 is 0 Å². The Morgan fingerprint density at radius 2 is 1.06 bits per heavy atom. The minimum absolute atomic E-state index is 0. The fourth-order valence-corrected chi connectivity index (χ4v) is 1.31. The van der Waals surface area contributed by atoms with Gasteiger partial charge in [0.2, 0.25) is 0 Å². The van der Waals surface area contributed by atoms with Gasteiger partial charge in [0.1, 0.15) is 11.6 Å². The molecule has 0 saturated heterocycles. The van der Waals surface area contributed by atoms with Crippen LogP contribution >= 0.6 is 0 Å². The van der Waals surface area contributed by atoms with Gasteiger partial charge in [-0.3, -0.25) is 19.6 Å².